The summed E-state index contributed by atoms with van der Waals surface area (Å²) >= 11 is 0. The first-order chi connectivity index (χ1) is 13.7. The topological polar surface area (TPSA) is 137 Å². The largest absolute Gasteiger partial charge is 0.497 e. The van der Waals surface area contributed by atoms with Crippen molar-refractivity contribution in [1.29, 1.82) is 0 Å². The van der Waals surface area contributed by atoms with Gasteiger partial charge in [-0.25, -0.2) is 14.8 Å². The predicted molar refractivity (Wildman–Crippen MR) is 110 cm³/mol. The number of rotatable bonds is 10. The Morgan fingerprint density at radius 1 is 1.03 bits per heavy atom. The van der Waals surface area contributed by atoms with Crippen LogP contribution in [0.3, 0.4) is 0 Å². The molecule has 29 heavy (non-hydrogen) atoms. The van der Waals surface area contributed by atoms with Crippen LogP contribution in [0.5, 0.6) is 5.75 Å². The number of carboxylic acid groups (broad SMARTS) is 2. The molecule has 0 aromatic heterocycles. The van der Waals surface area contributed by atoms with Gasteiger partial charge in [0.15, 0.2) is 0 Å². The zero-order valence-electron chi connectivity index (χ0n) is 15.8. The van der Waals surface area contributed by atoms with Gasteiger partial charge in [0.25, 0.3) is 0 Å². The number of hydrogen-bond donors (Lipinski definition) is 4. The first-order valence-electron chi connectivity index (χ1n) is 8.80. The molecule has 0 fully saturated rings. The van der Waals surface area contributed by atoms with E-state index in [1.165, 1.54) is 7.11 Å². The van der Waals surface area contributed by atoms with Crippen molar-refractivity contribution in [1.82, 2.24) is 0 Å². The number of carboxylic acids is 2. The molecule has 0 aliphatic carbocycles. The van der Waals surface area contributed by atoms with Crippen molar-refractivity contribution in [3.8, 4) is 5.75 Å². The maximum Gasteiger partial charge on any atom is 0.320 e. The number of carbonyl (C=O) groups is 2. The SMILES string of the molecule is COc1ccc(N=C(c2ccccc2)[P+](O)(O)CC(CCC(=O)O)C(=O)O)cc1. The van der Waals surface area contributed by atoms with Crippen LogP contribution in [0.25, 0.3) is 0 Å². The van der Waals surface area contributed by atoms with E-state index in [4.69, 9.17) is 9.84 Å². The normalized spacial score (nSPS) is 13.0. The van der Waals surface area contributed by atoms with Crippen LogP contribution in [0.1, 0.15) is 18.4 Å². The first-order valence-corrected chi connectivity index (χ1v) is 10.7. The molecule has 0 amide bonds. The van der Waals surface area contributed by atoms with Gasteiger partial charge in [-0.3, -0.25) is 9.59 Å². The minimum absolute atomic E-state index is 0.0233. The number of nitrogens with zero attached hydrogens (tertiary/aromatic N) is 1. The van der Waals surface area contributed by atoms with Crippen LogP contribution < -0.4 is 4.74 Å². The third kappa shape index (κ3) is 6.64. The summed E-state index contributed by atoms with van der Waals surface area (Å²) in [4.78, 5) is 48.5. The Hall–Kier alpha value is -2.80. The fourth-order valence-electron chi connectivity index (χ4n) is 2.70. The van der Waals surface area contributed by atoms with Crippen molar-refractivity contribution in [3.63, 3.8) is 0 Å². The van der Waals surface area contributed by atoms with Crippen LogP contribution >= 0.6 is 7.72 Å². The summed E-state index contributed by atoms with van der Waals surface area (Å²) in [5.74, 6) is -3.04. The van der Waals surface area contributed by atoms with Gasteiger partial charge in [0, 0.05) is 12.0 Å². The number of benzene rings is 2. The second-order valence-corrected chi connectivity index (χ2v) is 8.63. The van der Waals surface area contributed by atoms with Gasteiger partial charge in [-0.15, -0.1) is 0 Å². The van der Waals surface area contributed by atoms with Crippen LogP contribution in [0.4, 0.5) is 5.69 Å². The Kier molecular flexibility index (Phi) is 7.84. The van der Waals surface area contributed by atoms with Crippen molar-refractivity contribution in [2.24, 2.45) is 10.9 Å². The highest BCUT2D eigenvalue weighted by atomic mass is 31.2. The van der Waals surface area contributed by atoms with E-state index in [2.05, 4.69) is 4.99 Å². The summed E-state index contributed by atoms with van der Waals surface area (Å²) in [7, 11) is -2.46. The van der Waals surface area contributed by atoms with Gasteiger partial charge in [0.05, 0.1) is 18.7 Å². The molecule has 2 rings (SSSR count). The molecule has 1 unspecified atom stereocenters. The van der Waals surface area contributed by atoms with Crippen LogP contribution in [0.2, 0.25) is 0 Å². The molecule has 0 aliphatic heterocycles. The van der Waals surface area contributed by atoms with Crippen LogP contribution in [-0.4, -0.2) is 50.7 Å². The molecule has 8 nitrogen and oxygen atoms in total. The van der Waals surface area contributed by atoms with E-state index in [9.17, 15) is 24.5 Å². The Labute approximate surface area is 168 Å². The molecule has 0 heterocycles. The molecule has 2 aromatic carbocycles. The second-order valence-electron chi connectivity index (χ2n) is 6.38. The van der Waals surface area contributed by atoms with Gasteiger partial charge in [-0.1, -0.05) is 18.2 Å². The lowest BCUT2D eigenvalue weighted by Crippen LogP contribution is -2.24. The molecule has 154 valence electrons. The minimum atomic E-state index is -3.98. The Morgan fingerprint density at radius 2 is 1.66 bits per heavy atom. The molecule has 2 aromatic rings. The lowest BCUT2D eigenvalue weighted by molar-refractivity contribution is -0.142. The molecule has 9 heteroatoms. The average Bonchev–Trinajstić information content (AvgIpc) is 2.70. The number of aliphatic imine (C=N–C) groups is 1. The smallest absolute Gasteiger partial charge is 0.320 e. The van der Waals surface area contributed by atoms with Crippen molar-refractivity contribution in [2.75, 3.05) is 13.3 Å². The second kappa shape index (κ2) is 10.1. The third-order valence-corrected chi connectivity index (χ3v) is 6.20. The van der Waals surface area contributed by atoms with Gasteiger partial charge in [-0.2, -0.15) is 0 Å². The average molecular weight is 420 g/mol. The van der Waals surface area contributed by atoms with E-state index >= 15 is 0 Å². The molecular weight excluding hydrogens is 397 g/mol. The number of aliphatic carboxylic acids is 2. The molecule has 4 N–H and O–H groups in total. The molecule has 1 atom stereocenters. The third-order valence-electron chi connectivity index (χ3n) is 4.21. The molecular formula is C20H23NO7P+. The van der Waals surface area contributed by atoms with E-state index in [1.807, 2.05) is 0 Å². The Bertz CT molecular complexity index is 866. The van der Waals surface area contributed by atoms with Crippen LogP contribution in [-0.2, 0) is 9.59 Å². The standard InChI is InChI=1S/C20H22NO7P/c1-28-17-10-8-16(9-11-17)21-19(14-5-3-2-4-6-14)29(26,27)13-15(20(24)25)7-12-18(22)23/h2-6,8-11,15,26-27H,7,12-13H2,1H3,(H-,22,23,24,25)/p+1. The molecule has 0 bridgehead atoms. The van der Waals surface area contributed by atoms with Gasteiger partial charge in [0.1, 0.15) is 11.9 Å². The summed E-state index contributed by atoms with van der Waals surface area (Å²) < 4.78 is 5.10. The highest BCUT2D eigenvalue weighted by molar-refractivity contribution is 7.82. The molecule has 0 radical (unpaired) electrons. The summed E-state index contributed by atoms with van der Waals surface area (Å²) in [5.41, 5.74) is 0.864. The van der Waals surface area contributed by atoms with E-state index in [0.29, 0.717) is 17.0 Å². The van der Waals surface area contributed by atoms with Crippen molar-refractivity contribution >= 4 is 30.8 Å². The monoisotopic (exact) mass is 420 g/mol. The predicted octanol–water partition coefficient (Wildman–Crippen LogP) is 3.17. The zero-order valence-corrected chi connectivity index (χ0v) is 16.7. The summed E-state index contributed by atoms with van der Waals surface area (Å²) in [6.07, 6.45) is -1.09. The number of ether oxygens (including phenoxy) is 1. The zero-order chi connectivity index (χ0) is 21.4. The van der Waals surface area contributed by atoms with E-state index < -0.39 is 31.7 Å². The van der Waals surface area contributed by atoms with Crippen LogP contribution in [0.15, 0.2) is 59.6 Å². The first kappa shape index (κ1) is 22.5. The summed E-state index contributed by atoms with van der Waals surface area (Å²) in [5, 5.41) is 18.2. The fraction of sp³-hybridized carbons (Fsp3) is 0.250. The van der Waals surface area contributed by atoms with Crippen molar-refractivity contribution in [2.45, 2.75) is 12.8 Å². The summed E-state index contributed by atoms with van der Waals surface area (Å²) in [6.45, 7) is 0. The maximum atomic E-state index is 11.5. The highest BCUT2D eigenvalue weighted by Crippen LogP contribution is 2.56. The highest BCUT2D eigenvalue weighted by Gasteiger charge is 2.46. The van der Waals surface area contributed by atoms with E-state index in [-0.39, 0.29) is 18.3 Å². The van der Waals surface area contributed by atoms with Crippen LogP contribution in [0, 0.1) is 5.92 Å². The molecule has 0 saturated carbocycles. The van der Waals surface area contributed by atoms with Gasteiger partial charge >= 0.3 is 19.7 Å². The molecule has 0 aliphatic rings. The number of hydrogen-bond acceptors (Lipinski definition) is 6. The molecule has 0 saturated heterocycles. The van der Waals surface area contributed by atoms with E-state index in [1.54, 1.807) is 54.6 Å². The van der Waals surface area contributed by atoms with Gasteiger partial charge in [0.2, 0.25) is 5.45 Å². The maximum absolute atomic E-state index is 11.5. The molecule has 0 spiro atoms. The van der Waals surface area contributed by atoms with Gasteiger partial charge < -0.3 is 14.9 Å². The quantitative estimate of drug-likeness (QED) is 0.342. The lowest BCUT2D eigenvalue weighted by Gasteiger charge is -2.18. The Balaban J connectivity index is 2.41. The van der Waals surface area contributed by atoms with Crippen molar-refractivity contribution in [3.05, 3.63) is 60.2 Å². The Morgan fingerprint density at radius 3 is 2.17 bits per heavy atom. The fourth-order valence-corrected chi connectivity index (χ4v) is 4.67. The van der Waals surface area contributed by atoms with Gasteiger partial charge in [-0.05, 0) is 42.8 Å². The van der Waals surface area contributed by atoms with E-state index in [0.717, 1.165) is 0 Å². The lowest BCUT2D eigenvalue weighted by atomic mass is 10.1. The number of methoxy groups -OCH3 is 1. The van der Waals surface area contributed by atoms with Crippen molar-refractivity contribution < 1.29 is 34.3 Å². The summed E-state index contributed by atoms with van der Waals surface area (Å²) in [6, 6.07) is 15.1. The minimum Gasteiger partial charge on any atom is -0.497 e.